The summed E-state index contributed by atoms with van der Waals surface area (Å²) in [6.45, 7) is 0. The summed E-state index contributed by atoms with van der Waals surface area (Å²) in [5.41, 5.74) is 0. The first-order chi connectivity index (χ1) is 0. The second-order valence-corrected chi connectivity index (χ2v) is 0. The second-order valence-electron chi connectivity index (χ2n) is 0. The van der Waals surface area contributed by atoms with Crippen LogP contribution in [0.1, 0.15) is 0 Å². The van der Waals surface area contributed by atoms with Gasteiger partial charge in [0.25, 0.3) is 0 Å². The third-order valence-corrected chi connectivity index (χ3v) is 0. The van der Waals surface area contributed by atoms with Crippen LogP contribution in [0.5, 0.6) is 0 Å². The molecule has 0 rings (SSSR count). The van der Waals surface area contributed by atoms with Crippen LogP contribution in [0.25, 0.3) is 0 Å². The minimum Gasteiger partial charge on any atom is 0 e. The Hall–Kier alpha value is 4.47. The van der Waals surface area contributed by atoms with Crippen LogP contribution in [-0.2, 0) is 18.6 Å². The predicted molar refractivity (Wildman–Crippen MR) is 0 cm³/mol. The van der Waals surface area contributed by atoms with Crippen molar-refractivity contribution in [3.05, 3.63) is 0 Å². The van der Waals surface area contributed by atoms with Crippen LogP contribution in [0.4, 0.5) is 0 Å². The monoisotopic (exact) mass is 532 g/mol. The number of rotatable bonds is 0. The molecule has 0 aliphatic rings. The Labute approximate surface area is 131 Å². The minimum atomic E-state index is 0. The standard InChI is InChI=1S/Dy.Gd.Tb.V. The summed E-state index contributed by atoms with van der Waals surface area (Å²) in [6, 6.07) is 0. The molecule has 0 aromatic rings. The maximum Gasteiger partial charge on any atom is 0 e. The molecule has 0 fully saturated rings. The van der Waals surface area contributed by atoms with Crippen molar-refractivity contribution in [1.29, 1.82) is 0 Å². The Morgan fingerprint density at radius 3 is 1.00 bits per heavy atom. The molecular formula is DyGdTbV. The van der Waals surface area contributed by atoms with Crippen LogP contribution in [-0.4, -0.2) is 0 Å². The summed E-state index contributed by atoms with van der Waals surface area (Å²) >= 11 is 0. The zero-order chi connectivity index (χ0) is 0. The van der Waals surface area contributed by atoms with Crippen molar-refractivity contribution in [1.82, 2.24) is 0 Å². The van der Waals surface area contributed by atoms with Gasteiger partial charge in [-0.2, -0.15) is 0 Å². The quantitative estimate of drug-likeness (QED) is 0.415. The maximum absolute atomic E-state index is 0. The van der Waals surface area contributed by atoms with Gasteiger partial charge in [-0.15, -0.1) is 0 Å². The zero-order valence-corrected chi connectivity index (χ0v) is 9.28. The summed E-state index contributed by atoms with van der Waals surface area (Å²) < 4.78 is 0. The number of hydrogen-bond donors (Lipinski definition) is 0. The second kappa shape index (κ2) is 15.7. The van der Waals surface area contributed by atoms with Crippen molar-refractivity contribution >= 4 is 0 Å². The van der Waals surface area contributed by atoms with Gasteiger partial charge >= 0.3 is 0 Å². The maximum atomic E-state index is 0. The van der Waals surface area contributed by atoms with E-state index < -0.39 is 0 Å². The van der Waals surface area contributed by atoms with E-state index in [2.05, 4.69) is 0 Å². The molecule has 0 heterocycles. The first-order valence-corrected chi connectivity index (χ1v) is 0. The molecule has 4 heavy (non-hydrogen) atoms. The molecule has 0 aliphatic heterocycles. The van der Waals surface area contributed by atoms with E-state index in [1.54, 1.807) is 0 Å². The SMILES string of the molecule is [Dy].[Gd].[Tb].[V]. The van der Waals surface area contributed by atoms with Crippen LogP contribution in [0.15, 0.2) is 0 Å². The average molecular weight is 530 g/mol. The van der Waals surface area contributed by atoms with Crippen molar-refractivity contribution in [3.63, 3.8) is 0 Å². The van der Waals surface area contributed by atoms with Gasteiger partial charge in [0.2, 0.25) is 0 Å². The van der Waals surface area contributed by atoms with Gasteiger partial charge in [-0.1, -0.05) is 0 Å². The predicted octanol–water partition coefficient (Wildman–Crippen LogP) is -0.00250. The van der Waals surface area contributed by atoms with Gasteiger partial charge in [-0.25, -0.2) is 0 Å². The van der Waals surface area contributed by atoms with E-state index >= 15 is 0 Å². The fourth-order valence-electron chi connectivity index (χ4n) is 0. The van der Waals surface area contributed by atoms with E-state index in [4.69, 9.17) is 0 Å². The normalized spacial score (nSPS) is 0. The molecule has 0 unspecified atom stereocenters. The summed E-state index contributed by atoms with van der Waals surface area (Å²) in [7, 11) is 0. The third kappa shape index (κ3) is 9.69. The molecule has 0 nitrogen and oxygen atoms in total. The largest absolute Gasteiger partial charge is 0 e. The smallest absolute Gasteiger partial charge is 0 e. The Kier molecular flexibility index (Phi) is 92.6. The summed E-state index contributed by atoms with van der Waals surface area (Å²) in [5, 5.41) is 0. The van der Waals surface area contributed by atoms with E-state index in [1.165, 1.54) is 0 Å². The van der Waals surface area contributed by atoms with Gasteiger partial charge in [-0.3, -0.25) is 0 Å². The van der Waals surface area contributed by atoms with Crippen molar-refractivity contribution in [2.24, 2.45) is 0 Å². The first-order valence-electron chi connectivity index (χ1n) is 0. The van der Waals surface area contributed by atoms with Gasteiger partial charge in [0.15, 0.2) is 0 Å². The molecule has 0 bridgehead atoms. The van der Waals surface area contributed by atoms with Crippen molar-refractivity contribution in [3.8, 4) is 0 Å². The average Bonchev–Trinajstić information content (AvgIpc) is 0. The molecule has 0 amide bonds. The van der Waals surface area contributed by atoms with Crippen LogP contribution in [0.2, 0.25) is 0 Å². The molecule has 0 saturated heterocycles. The van der Waals surface area contributed by atoms with Crippen LogP contribution in [0.3, 0.4) is 0 Å². The summed E-state index contributed by atoms with van der Waals surface area (Å²) in [6.07, 6.45) is 0. The van der Waals surface area contributed by atoms with Crippen molar-refractivity contribution in [2.45, 2.75) is 0 Å². The first kappa shape index (κ1) is 23.7. The Morgan fingerprint density at radius 2 is 1.00 bits per heavy atom. The Morgan fingerprint density at radius 1 is 1.00 bits per heavy atom. The zero-order valence-electron chi connectivity index (χ0n) is 1.45. The molecule has 0 aromatic heterocycles. The minimum absolute atomic E-state index is 0. The van der Waals surface area contributed by atoms with E-state index in [0.717, 1.165) is 0 Å². The Balaban J connectivity index is 0. The van der Waals surface area contributed by atoms with E-state index in [0.29, 0.717) is 0 Å². The van der Waals surface area contributed by atoms with Crippen LogP contribution < -0.4 is 0 Å². The topological polar surface area (TPSA) is 0 Å². The van der Waals surface area contributed by atoms with Crippen LogP contribution >= 0.6 is 0 Å². The van der Waals surface area contributed by atoms with Gasteiger partial charge in [-0.05, 0) is 0 Å². The van der Waals surface area contributed by atoms with E-state index in [1.807, 2.05) is 0 Å². The fraction of sp³-hybridized carbons (Fsp3) is 0. The number of hydrogen-bond acceptors (Lipinski definition) is 0. The van der Waals surface area contributed by atoms with Crippen molar-refractivity contribution < 1.29 is 135 Å². The molecule has 0 N–H and O–H groups in total. The summed E-state index contributed by atoms with van der Waals surface area (Å²) in [5.74, 6) is 0. The molecular weight excluding hydrogens is 530 g/mol. The van der Waals surface area contributed by atoms with Gasteiger partial charge < -0.3 is 0 Å². The fourth-order valence-corrected chi connectivity index (χ4v) is 0. The molecule has 4 heteroatoms. The van der Waals surface area contributed by atoms with Crippen molar-refractivity contribution in [2.75, 3.05) is 0 Å². The van der Waals surface area contributed by atoms with Gasteiger partial charge in [0.05, 0.1) is 0 Å². The van der Waals surface area contributed by atoms with E-state index in [-0.39, 0.29) is 135 Å². The van der Waals surface area contributed by atoms with Gasteiger partial charge in [0, 0.05) is 135 Å². The third-order valence-electron chi connectivity index (χ3n) is 0. The molecule has 0 spiro atoms. The molecule has 0 aromatic carbocycles. The van der Waals surface area contributed by atoms with Gasteiger partial charge in [0.1, 0.15) is 0 Å². The van der Waals surface area contributed by atoms with Crippen LogP contribution in [0, 0.1) is 117 Å². The van der Waals surface area contributed by atoms with E-state index in [9.17, 15) is 0 Å². The molecule has 32 valence electrons. The molecule has 0 aliphatic carbocycles. The molecule has 0 saturated carbocycles. The molecule has 2 radical (unpaired) electrons. The Bertz CT molecular complexity index is 8.00. The molecule has 0 atom stereocenters. The summed E-state index contributed by atoms with van der Waals surface area (Å²) in [4.78, 5) is 0.